The summed E-state index contributed by atoms with van der Waals surface area (Å²) >= 11 is 3.32. The van der Waals surface area contributed by atoms with Crippen LogP contribution >= 0.6 is 28.3 Å². The van der Waals surface area contributed by atoms with Crippen LogP contribution in [0.15, 0.2) is 22.9 Å². The summed E-state index contributed by atoms with van der Waals surface area (Å²) in [6, 6.07) is 3.64. The van der Waals surface area contributed by atoms with Crippen molar-refractivity contribution in [3.05, 3.63) is 22.9 Å². The van der Waals surface area contributed by atoms with Crippen LogP contribution in [0.25, 0.3) is 0 Å². The normalized spacial score (nSPS) is 31.2. The molecular formula is C22H29BrClN3O3. The number of nitrogens with one attached hydrogen (secondary N) is 2. The van der Waals surface area contributed by atoms with Crippen molar-refractivity contribution >= 4 is 45.9 Å². The summed E-state index contributed by atoms with van der Waals surface area (Å²) in [5.41, 5.74) is 0.894. The molecule has 4 atom stereocenters. The monoisotopic (exact) mass is 497 g/mol. The minimum absolute atomic E-state index is 0. The molecular weight excluding hydrogens is 470 g/mol. The van der Waals surface area contributed by atoms with Gasteiger partial charge in [0.1, 0.15) is 4.60 Å². The Bertz CT molecular complexity index is 795. The van der Waals surface area contributed by atoms with Gasteiger partial charge in [0.25, 0.3) is 0 Å². The van der Waals surface area contributed by atoms with E-state index in [1.54, 1.807) is 6.20 Å². The Labute approximate surface area is 191 Å². The van der Waals surface area contributed by atoms with Gasteiger partial charge in [0, 0.05) is 0 Å². The lowest BCUT2D eigenvalue weighted by molar-refractivity contribution is -0.156. The fraction of sp³-hybridized carbons (Fsp3) is 0.682. The fourth-order valence-electron chi connectivity index (χ4n) is 6.35. The molecule has 1 aromatic rings. The minimum atomic E-state index is -0.290. The van der Waals surface area contributed by atoms with Gasteiger partial charge in [-0.1, -0.05) is 0 Å². The van der Waals surface area contributed by atoms with Gasteiger partial charge in [0.15, 0.2) is 0 Å². The molecule has 0 radical (unpaired) electrons. The number of pyridine rings is 1. The van der Waals surface area contributed by atoms with Crippen molar-refractivity contribution in [1.82, 2.24) is 10.3 Å². The molecule has 2 N–H and O–H groups in total. The molecule has 1 amide bonds. The largest absolute Gasteiger partial charge is 0.465 e. The van der Waals surface area contributed by atoms with Crippen molar-refractivity contribution in [2.75, 3.05) is 25.0 Å². The van der Waals surface area contributed by atoms with Crippen molar-refractivity contribution in [2.45, 2.75) is 38.5 Å². The van der Waals surface area contributed by atoms with Gasteiger partial charge in [0.2, 0.25) is 5.91 Å². The first-order valence-corrected chi connectivity index (χ1v) is 11.7. The number of halogens is 2. The van der Waals surface area contributed by atoms with E-state index in [1.165, 1.54) is 0 Å². The van der Waals surface area contributed by atoms with Crippen LogP contribution in [0.4, 0.5) is 5.69 Å². The van der Waals surface area contributed by atoms with Crippen molar-refractivity contribution in [3.63, 3.8) is 0 Å². The predicted octanol–water partition coefficient (Wildman–Crippen LogP) is 3.80. The van der Waals surface area contributed by atoms with Crippen LogP contribution in [0, 0.1) is 35.0 Å². The maximum absolute atomic E-state index is 13.3. The number of esters is 1. The van der Waals surface area contributed by atoms with E-state index in [1.807, 2.05) is 12.1 Å². The van der Waals surface area contributed by atoms with Crippen LogP contribution < -0.4 is 10.6 Å². The van der Waals surface area contributed by atoms with Gasteiger partial charge >= 0.3 is 5.97 Å². The Balaban J connectivity index is 0.00000218. The number of hydrogen-bond donors (Lipinski definition) is 2. The number of carbonyl (C=O) groups excluding carboxylic acids is 2. The molecule has 2 heterocycles. The summed E-state index contributed by atoms with van der Waals surface area (Å²) in [7, 11) is 0. The number of piperidine rings is 1. The molecule has 164 valence electrons. The Hall–Kier alpha value is -1.18. The summed E-state index contributed by atoms with van der Waals surface area (Å²) in [6.45, 7) is 2.48. The van der Waals surface area contributed by atoms with E-state index in [0.717, 1.165) is 56.2 Å². The van der Waals surface area contributed by atoms with E-state index in [-0.39, 0.29) is 41.5 Å². The van der Waals surface area contributed by atoms with Crippen molar-refractivity contribution in [1.29, 1.82) is 0 Å². The highest BCUT2D eigenvalue weighted by atomic mass is 79.9. The topological polar surface area (TPSA) is 80.3 Å². The number of carbonyl (C=O) groups is 2. The minimum Gasteiger partial charge on any atom is -0.465 e. The Morgan fingerprint density at radius 3 is 2.47 bits per heavy atom. The molecule has 0 unspecified atom stereocenters. The Morgan fingerprint density at radius 2 is 1.83 bits per heavy atom. The van der Waals surface area contributed by atoms with Crippen molar-refractivity contribution in [2.24, 2.45) is 35.0 Å². The number of ether oxygens (including phenoxy) is 1. The molecule has 1 aliphatic heterocycles. The van der Waals surface area contributed by atoms with E-state index in [9.17, 15) is 9.59 Å². The maximum Gasteiger partial charge on any atom is 0.310 e. The number of amides is 1. The molecule has 3 saturated carbocycles. The van der Waals surface area contributed by atoms with Crippen LogP contribution in [0.1, 0.15) is 38.5 Å². The van der Waals surface area contributed by atoms with Gasteiger partial charge < -0.3 is 15.4 Å². The van der Waals surface area contributed by atoms with Gasteiger partial charge in [-0.2, -0.15) is 0 Å². The highest BCUT2D eigenvalue weighted by Crippen LogP contribution is 2.74. The van der Waals surface area contributed by atoms with E-state index in [0.29, 0.717) is 30.0 Å². The molecule has 3 aliphatic carbocycles. The zero-order valence-corrected chi connectivity index (χ0v) is 19.3. The first kappa shape index (κ1) is 22.0. The number of anilines is 1. The number of aromatic nitrogens is 1. The maximum atomic E-state index is 13.3. The first-order valence-electron chi connectivity index (χ1n) is 10.9. The van der Waals surface area contributed by atoms with Gasteiger partial charge in [0.05, 0.1) is 30.3 Å². The van der Waals surface area contributed by atoms with E-state index in [4.69, 9.17) is 4.74 Å². The SMILES string of the molecule is Cl.O=C(OCC1CCNCC1)[C@H]1[C@H](C(=O)Nc2ccc(Br)nc2)[C@@H]2CC[C@H]1C21CC1. The second-order valence-corrected chi connectivity index (χ2v) is 10.1. The van der Waals surface area contributed by atoms with Crippen LogP contribution in [0.5, 0.6) is 0 Å². The van der Waals surface area contributed by atoms with Gasteiger partial charge in [-0.3, -0.25) is 9.59 Å². The third-order valence-corrected chi connectivity index (χ3v) is 8.31. The lowest BCUT2D eigenvalue weighted by Gasteiger charge is -2.29. The van der Waals surface area contributed by atoms with Crippen molar-refractivity contribution in [3.8, 4) is 0 Å². The molecule has 4 fully saturated rings. The van der Waals surface area contributed by atoms with Crippen LogP contribution in [0.3, 0.4) is 0 Å². The van der Waals surface area contributed by atoms with Crippen molar-refractivity contribution < 1.29 is 14.3 Å². The molecule has 1 aromatic heterocycles. The van der Waals surface area contributed by atoms with Crippen LogP contribution in [0.2, 0.25) is 0 Å². The molecule has 2 bridgehead atoms. The van der Waals surface area contributed by atoms with Gasteiger partial charge in [-0.05, 0) is 103 Å². The lowest BCUT2D eigenvalue weighted by atomic mass is 9.78. The smallest absolute Gasteiger partial charge is 0.310 e. The van der Waals surface area contributed by atoms with Gasteiger partial charge in [-0.15, -0.1) is 12.4 Å². The molecule has 4 aliphatic rings. The summed E-state index contributed by atoms with van der Waals surface area (Å²) in [5, 5.41) is 6.36. The summed E-state index contributed by atoms with van der Waals surface area (Å²) in [6.07, 6.45) is 8.17. The molecule has 5 rings (SSSR count). The lowest BCUT2D eigenvalue weighted by Crippen LogP contribution is -2.39. The summed E-state index contributed by atoms with van der Waals surface area (Å²) < 4.78 is 6.55. The van der Waals surface area contributed by atoms with E-state index in [2.05, 4.69) is 31.5 Å². The standard InChI is InChI=1S/C22H28BrN3O3.ClH/c23-17-4-1-14(11-25-17)26-20(27)18-15-2-3-16(22(15)7-8-22)19(18)21(28)29-12-13-5-9-24-10-6-13;/h1,4,11,13,15-16,18-19,24H,2-3,5-10,12H2,(H,26,27);1H/t15-,16+,18+,19+;/m0./s1. The highest BCUT2D eigenvalue weighted by Gasteiger charge is 2.72. The summed E-state index contributed by atoms with van der Waals surface area (Å²) in [5.74, 6) is 0.309. The third-order valence-electron chi connectivity index (χ3n) is 7.84. The number of nitrogens with zero attached hydrogens (tertiary/aromatic N) is 1. The molecule has 1 saturated heterocycles. The molecule has 30 heavy (non-hydrogen) atoms. The quantitative estimate of drug-likeness (QED) is 0.477. The summed E-state index contributed by atoms with van der Waals surface area (Å²) in [4.78, 5) is 30.6. The van der Waals surface area contributed by atoms with Crippen LogP contribution in [-0.2, 0) is 14.3 Å². The Morgan fingerprint density at radius 1 is 1.13 bits per heavy atom. The fourth-order valence-corrected chi connectivity index (χ4v) is 6.58. The first-order chi connectivity index (χ1) is 14.1. The molecule has 1 spiro atoms. The average molecular weight is 499 g/mol. The van der Waals surface area contributed by atoms with Crippen LogP contribution in [-0.4, -0.2) is 36.6 Å². The number of hydrogen-bond acceptors (Lipinski definition) is 5. The third kappa shape index (κ3) is 3.89. The van der Waals surface area contributed by atoms with E-state index < -0.39 is 0 Å². The second-order valence-electron chi connectivity index (χ2n) is 9.26. The zero-order chi connectivity index (χ0) is 20.0. The highest BCUT2D eigenvalue weighted by molar-refractivity contribution is 9.10. The predicted molar refractivity (Wildman–Crippen MR) is 119 cm³/mol. The van der Waals surface area contributed by atoms with Gasteiger partial charge in [-0.25, -0.2) is 4.98 Å². The number of rotatable bonds is 5. The molecule has 8 heteroatoms. The van der Waals surface area contributed by atoms with E-state index >= 15 is 0 Å². The average Bonchev–Trinajstić information content (AvgIpc) is 3.41. The zero-order valence-electron chi connectivity index (χ0n) is 16.9. The molecule has 6 nitrogen and oxygen atoms in total. The second kappa shape index (κ2) is 8.75. The molecule has 0 aromatic carbocycles. The Kier molecular flexibility index (Phi) is 6.43.